The largest absolute Gasteiger partial charge is 0.334 e. The molecular weight excluding hydrogens is 340 g/mol. The Bertz CT molecular complexity index is 978. The first-order valence-electron chi connectivity index (χ1n) is 9.31. The lowest BCUT2D eigenvalue weighted by Gasteiger charge is -2.11. The number of rotatable bonds is 5. The van der Waals surface area contributed by atoms with E-state index in [2.05, 4.69) is 16.1 Å². The van der Waals surface area contributed by atoms with E-state index in [4.69, 9.17) is 4.98 Å². The minimum Gasteiger partial charge on any atom is -0.334 e. The Kier molecular flexibility index (Phi) is 4.87. The molecule has 1 amide bonds. The van der Waals surface area contributed by atoms with Crippen LogP contribution in [0.5, 0.6) is 0 Å². The number of hydrogen-bond acceptors (Lipinski definition) is 3. The quantitative estimate of drug-likeness (QED) is 0.758. The van der Waals surface area contributed by atoms with Gasteiger partial charge in [0.25, 0.3) is 5.56 Å². The summed E-state index contributed by atoms with van der Waals surface area (Å²) in [6.45, 7) is 1.41. The van der Waals surface area contributed by atoms with E-state index < -0.39 is 0 Å². The highest BCUT2D eigenvalue weighted by molar-refractivity contribution is 5.90. The minimum absolute atomic E-state index is 0.0996. The Hall–Kier alpha value is -3.15. The molecule has 138 valence electrons. The van der Waals surface area contributed by atoms with E-state index in [9.17, 15) is 9.59 Å². The molecule has 0 unspecified atom stereocenters. The lowest BCUT2D eigenvalue weighted by molar-refractivity contribution is -0.116. The molecule has 0 fully saturated rings. The first-order valence-corrected chi connectivity index (χ1v) is 9.31. The normalized spacial score (nSPS) is 13.2. The summed E-state index contributed by atoms with van der Waals surface area (Å²) in [7, 11) is 0. The van der Waals surface area contributed by atoms with Gasteiger partial charge in [-0.2, -0.15) is 0 Å². The molecule has 6 heteroatoms. The van der Waals surface area contributed by atoms with Gasteiger partial charge in [-0.05, 0) is 31.0 Å². The molecule has 0 spiro atoms. The molecule has 2 aromatic heterocycles. The van der Waals surface area contributed by atoms with Crippen LogP contribution in [0.4, 0.5) is 5.69 Å². The summed E-state index contributed by atoms with van der Waals surface area (Å²) >= 11 is 0. The summed E-state index contributed by atoms with van der Waals surface area (Å²) < 4.78 is 3.77. The second kappa shape index (κ2) is 7.61. The van der Waals surface area contributed by atoms with Gasteiger partial charge in [-0.15, -0.1) is 0 Å². The van der Waals surface area contributed by atoms with Crippen LogP contribution in [-0.2, 0) is 24.3 Å². The van der Waals surface area contributed by atoms with E-state index in [1.165, 1.54) is 23.5 Å². The van der Waals surface area contributed by atoms with Gasteiger partial charge < -0.3 is 14.5 Å². The molecule has 0 atom stereocenters. The van der Waals surface area contributed by atoms with Crippen LogP contribution in [0, 0.1) is 0 Å². The monoisotopic (exact) mass is 362 g/mol. The fourth-order valence-electron chi connectivity index (χ4n) is 3.37. The van der Waals surface area contributed by atoms with Crippen molar-refractivity contribution >= 4 is 11.6 Å². The minimum atomic E-state index is -0.115. The molecule has 0 aliphatic carbocycles. The Balaban J connectivity index is 1.37. The van der Waals surface area contributed by atoms with Gasteiger partial charge in [0.05, 0.1) is 5.69 Å². The molecule has 0 radical (unpaired) electrons. The number of hydrogen-bond donors (Lipinski definition) is 1. The Morgan fingerprint density at radius 2 is 1.96 bits per heavy atom. The molecule has 6 nitrogen and oxygen atoms in total. The smallest absolute Gasteiger partial charge is 0.250 e. The SMILES string of the molecule is O=C(CCn1ccccc1=O)Nc1ccc(-c2cn3c(n2)CCCC3)cc1. The first kappa shape index (κ1) is 17.3. The summed E-state index contributed by atoms with van der Waals surface area (Å²) in [5.74, 6) is 1.04. The highest BCUT2D eigenvalue weighted by atomic mass is 16.1. The van der Waals surface area contributed by atoms with E-state index in [0.717, 1.165) is 35.7 Å². The third-order valence-corrected chi connectivity index (χ3v) is 4.85. The van der Waals surface area contributed by atoms with Gasteiger partial charge in [-0.25, -0.2) is 4.98 Å². The molecule has 4 rings (SSSR count). The molecule has 27 heavy (non-hydrogen) atoms. The number of pyridine rings is 1. The lowest BCUT2D eigenvalue weighted by atomic mass is 10.1. The fraction of sp³-hybridized carbons (Fsp3) is 0.286. The van der Waals surface area contributed by atoms with Crippen molar-refractivity contribution in [1.82, 2.24) is 14.1 Å². The summed E-state index contributed by atoms with van der Waals surface area (Å²) in [6.07, 6.45) is 7.51. The maximum atomic E-state index is 12.1. The van der Waals surface area contributed by atoms with Gasteiger partial charge in [0.2, 0.25) is 5.91 Å². The number of carbonyl (C=O) groups is 1. The summed E-state index contributed by atoms with van der Waals surface area (Å²) in [5.41, 5.74) is 2.67. The number of nitrogens with one attached hydrogen (secondary N) is 1. The van der Waals surface area contributed by atoms with Gasteiger partial charge >= 0.3 is 0 Å². The van der Waals surface area contributed by atoms with Crippen LogP contribution in [0.15, 0.2) is 59.7 Å². The molecule has 3 aromatic rings. The van der Waals surface area contributed by atoms with Crippen LogP contribution in [0.2, 0.25) is 0 Å². The van der Waals surface area contributed by atoms with Crippen LogP contribution in [0.3, 0.4) is 0 Å². The summed E-state index contributed by atoms with van der Waals surface area (Å²) in [6, 6.07) is 12.7. The van der Waals surface area contributed by atoms with Crippen LogP contribution >= 0.6 is 0 Å². The second-order valence-electron chi connectivity index (χ2n) is 6.80. The summed E-state index contributed by atoms with van der Waals surface area (Å²) in [5, 5.41) is 2.88. The van der Waals surface area contributed by atoms with Crippen molar-refractivity contribution in [2.24, 2.45) is 0 Å². The third kappa shape index (κ3) is 4.00. The van der Waals surface area contributed by atoms with Gasteiger partial charge in [-0.1, -0.05) is 18.2 Å². The van der Waals surface area contributed by atoms with E-state index in [0.29, 0.717) is 6.54 Å². The van der Waals surface area contributed by atoms with E-state index >= 15 is 0 Å². The number of anilines is 1. The Morgan fingerprint density at radius 3 is 2.74 bits per heavy atom. The number of benzene rings is 1. The topological polar surface area (TPSA) is 68.9 Å². The van der Waals surface area contributed by atoms with Crippen LogP contribution in [0.1, 0.15) is 25.1 Å². The fourth-order valence-corrected chi connectivity index (χ4v) is 3.37. The van der Waals surface area contributed by atoms with Gasteiger partial charge in [-0.3, -0.25) is 9.59 Å². The van der Waals surface area contributed by atoms with Crippen LogP contribution < -0.4 is 10.9 Å². The highest BCUT2D eigenvalue weighted by Gasteiger charge is 2.13. The highest BCUT2D eigenvalue weighted by Crippen LogP contribution is 2.24. The van der Waals surface area contributed by atoms with Gasteiger partial charge in [0.15, 0.2) is 0 Å². The zero-order valence-electron chi connectivity index (χ0n) is 15.1. The standard InChI is InChI=1S/C21H22N4O2/c26-20(11-14-24-12-4-2-6-21(24)27)22-17-9-7-16(8-10-17)18-15-25-13-3-1-5-19(25)23-18/h2,4,6-10,12,15H,1,3,5,11,13-14H2,(H,22,26). The van der Waals surface area contributed by atoms with Crippen molar-refractivity contribution < 1.29 is 4.79 Å². The van der Waals surface area contributed by atoms with E-state index in [-0.39, 0.29) is 17.9 Å². The average Bonchev–Trinajstić information content (AvgIpc) is 3.12. The number of aryl methyl sites for hydroxylation is 3. The number of imidazole rings is 1. The Morgan fingerprint density at radius 1 is 1.11 bits per heavy atom. The van der Waals surface area contributed by atoms with Gasteiger partial charge in [0.1, 0.15) is 5.82 Å². The molecule has 1 N–H and O–H groups in total. The van der Waals surface area contributed by atoms with Crippen molar-refractivity contribution in [3.8, 4) is 11.3 Å². The zero-order valence-corrected chi connectivity index (χ0v) is 15.1. The number of nitrogens with zero attached hydrogens (tertiary/aromatic N) is 3. The first-order chi connectivity index (χ1) is 13.2. The zero-order chi connectivity index (χ0) is 18.6. The number of amides is 1. The van der Waals surface area contributed by atoms with Crippen LogP contribution in [-0.4, -0.2) is 20.0 Å². The summed E-state index contributed by atoms with van der Waals surface area (Å²) in [4.78, 5) is 28.5. The van der Waals surface area contributed by atoms with Crippen molar-refractivity contribution in [3.63, 3.8) is 0 Å². The molecule has 0 bridgehead atoms. The van der Waals surface area contributed by atoms with Gasteiger partial charge in [0, 0.05) is 55.6 Å². The van der Waals surface area contributed by atoms with Crippen molar-refractivity contribution in [2.75, 3.05) is 5.32 Å². The van der Waals surface area contributed by atoms with Crippen molar-refractivity contribution in [1.29, 1.82) is 0 Å². The van der Waals surface area contributed by atoms with E-state index in [1.807, 2.05) is 24.3 Å². The second-order valence-corrected chi connectivity index (χ2v) is 6.80. The number of fused-ring (bicyclic) bond motifs is 1. The van der Waals surface area contributed by atoms with Crippen molar-refractivity contribution in [2.45, 2.75) is 38.8 Å². The molecule has 0 saturated carbocycles. The Labute approximate surface area is 157 Å². The number of carbonyl (C=O) groups excluding carboxylic acids is 1. The molecule has 1 aromatic carbocycles. The molecular formula is C21H22N4O2. The maximum Gasteiger partial charge on any atom is 0.250 e. The molecule has 1 aliphatic heterocycles. The van der Waals surface area contributed by atoms with Crippen LogP contribution in [0.25, 0.3) is 11.3 Å². The third-order valence-electron chi connectivity index (χ3n) is 4.85. The van der Waals surface area contributed by atoms with Crippen molar-refractivity contribution in [3.05, 3.63) is 71.0 Å². The lowest BCUT2D eigenvalue weighted by Crippen LogP contribution is -2.21. The molecule has 3 heterocycles. The van der Waals surface area contributed by atoms with E-state index in [1.54, 1.807) is 18.3 Å². The molecule has 1 aliphatic rings. The molecule has 0 saturated heterocycles. The number of aromatic nitrogens is 3. The maximum absolute atomic E-state index is 12.1. The predicted octanol–water partition coefficient (Wildman–Crippen LogP) is 3.08. The average molecular weight is 362 g/mol. The predicted molar refractivity (Wildman–Crippen MR) is 105 cm³/mol.